The van der Waals surface area contributed by atoms with E-state index in [4.69, 9.17) is 11.5 Å². The lowest BCUT2D eigenvalue weighted by Crippen LogP contribution is -2.58. The van der Waals surface area contributed by atoms with E-state index in [0.29, 0.717) is 31.4 Å². The predicted octanol–water partition coefficient (Wildman–Crippen LogP) is -0.966. The van der Waals surface area contributed by atoms with Crippen LogP contribution in [0.25, 0.3) is 0 Å². The molecule has 0 aromatic carbocycles. The SMILES string of the molecule is CCC(C)C(NC(=O)C1CCCN1C(=O)C(CC(N)=O)NC(=O)C(N)CCSC)C(=O)O. The normalized spacial score (nSPS) is 19.5. The molecule has 0 aromatic rings. The summed E-state index contributed by atoms with van der Waals surface area (Å²) in [5, 5.41) is 14.4. The molecule has 7 N–H and O–H groups in total. The molecule has 32 heavy (non-hydrogen) atoms. The molecule has 5 unspecified atom stereocenters. The number of likely N-dealkylation sites (tertiary alicyclic amines) is 1. The van der Waals surface area contributed by atoms with Gasteiger partial charge in [0.25, 0.3) is 0 Å². The largest absolute Gasteiger partial charge is 0.480 e. The molecule has 0 bridgehead atoms. The Morgan fingerprint density at radius 1 is 1.22 bits per heavy atom. The first kappa shape index (κ1) is 27.7. The van der Waals surface area contributed by atoms with Crippen molar-refractivity contribution in [3.63, 3.8) is 0 Å². The molecule has 1 rings (SSSR count). The summed E-state index contributed by atoms with van der Waals surface area (Å²) >= 11 is 1.52. The highest BCUT2D eigenvalue weighted by Gasteiger charge is 2.40. The topological polar surface area (TPSA) is 185 Å². The minimum atomic E-state index is -1.25. The van der Waals surface area contributed by atoms with Crippen molar-refractivity contribution in [1.29, 1.82) is 0 Å². The first-order valence-electron chi connectivity index (χ1n) is 10.7. The van der Waals surface area contributed by atoms with E-state index >= 15 is 0 Å². The summed E-state index contributed by atoms with van der Waals surface area (Å²) in [5.41, 5.74) is 11.1. The molecule has 11 nitrogen and oxygen atoms in total. The highest BCUT2D eigenvalue weighted by Crippen LogP contribution is 2.20. The third-order valence-electron chi connectivity index (χ3n) is 5.60. The van der Waals surface area contributed by atoms with Gasteiger partial charge in [-0.2, -0.15) is 11.8 Å². The van der Waals surface area contributed by atoms with Gasteiger partial charge in [-0.1, -0.05) is 20.3 Å². The van der Waals surface area contributed by atoms with Gasteiger partial charge in [-0.25, -0.2) is 4.79 Å². The number of carboxylic acid groups (broad SMARTS) is 1. The van der Waals surface area contributed by atoms with Gasteiger partial charge in [0, 0.05) is 6.54 Å². The summed E-state index contributed by atoms with van der Waals surface area (Å²) in [4.78, 5) is 62.7. The van der Waals surface area contributed by atoms with Crippen molar-refractivity contribution >= 4 is 41.4 Å². The van der Waals surface area contributed by atoms with Crippen LogP contribution in [0.15, 0.2) is 0 Å². The molecule has 0 aromatic heterocycles. The van der Waals surface area contributed by atoms with Gasteiger partial charge in [-0.3, -0.25) is 19.2 Å². The summed E-state index contributed by atoms with van der Waals surface area (Å²) in [7, 11) is 0. The second-order valence-electron chi connectivity index (χ2n) is 8.02. The van der Waals surface area contributed by atoms with E-state index in [1.54, 1.807) is 6.92 Å². The fourth-order valence-corrected chi connectivity index (χ4v) is 3.98. The van der Waals surface area contributed by atoms with Gasteiger partial charge in [-0.05, 0) is 37.2 Å². The van der Waals surface area contributed by atoms with E-state index in [-0.39, 0.29) is 12.5 Å². The van der Waals surface area contributed by atoms with Crippen LogP contribution in [0.1, 0.15) is 46.0 Å². The number of aliphatic carboxylic acids is 1. The van der Waals surface area contributed by atoms with Crippen LogP contribution < -0.4 is 22.1 Å². The summed E-state index contributed by atoms with van der Waals surface area (Å²) in [6.45, 7) is 3.77. The minimum absolute atomic E-state index is 0.238. The van der Waals surface area contributed by atoms with Crippen molar-refractivity contribution in [2.24, 2.45) is 17.4 Å². The molecule has 4 amide bonds. The molecule has 1 saturated heterocycles. The lowest BCUT2D eigenvalue weighted by Gasteiger charge is -2.30. The molecule has 0 spiro atoms. The van der Waals surface area contributed by atoms with E-state index in [1.807, 2.05) is 13.2 Å². The van der Waals surface area contributed by atoms with E-state index in [0.717, 1.165) is 0 Å². The van der Waals surface area contributed by atoms with Crippen molar-refractivity contribution in [1.82, 2.24) is 15.5 Å². The van der Waals surface area contributed by atoms with E-state index < -0.39 is 60.2 Å². The van der Waals surface area contributed by atoms with Crippen LogP contribution in [0.3, 0.4) is 0 Å². The molecule has 1 heterocycles. The lowest BCUT2D eigenvalue weighted by molar-refractivity contribution is -0.146. The Morgan fingerprint density at radius 3 is 2.41 bits per heavy atom. The Labute approximate surface area is 192 Å². The maximum Gasteiger partial charge on any atom is 0.326 e. The van der Waals surface area contributed by atoms with Gasteiger partial charge in [0.1, 0.15) is 18.1 Å². The molecule has 1 fully saturated rings. The van der Waals surface area contributed by atoms with Crippen LogP contribution >= 0.6 is 11.8 Å². The molecule has 0 radical (unpaired) electrons. The van der Waals surface area contributed by atoms with Gasteiger partial charge < -0.3 is 32.1 Å². The van der Waals surface area contributed by atoms with Crippen molar-refractivity contribution < 1.29 is 29.1 Å². The summed E-state index contributed by atoms with van der Waals surface area (Å²) in [6, 6.07) is -4.08. The van der Waals surface area contributed by atoms with Crippen LogP contribution in [0.2, 0.25) is 0 Å². The van der Waals surface area contributed by atoms with Crippen LogP contribution in [-0.2, 0) is 24.0 Å². The lowest BCUT2D eigenvalue weighted by atomic mass is 9.98. The number of amides is 4. The molecule has 182 valence electrons. The average Bonchev–Trinajstić information content (AvgIpc) is 3.23. The number of nitrogens with one attached hydrogen (secondary N) is 2. The number of carbonyl (C=O) groups excluding carboxylic acids is 4. The zero-order valence-corrected chi connectivity index (χ0v) is 19.7. The second kappa shape index (κ2) is 13.3. The zero-order chi connectivity index (χ0) is 24.4. The van der Waals surface area contributed by atoms with Crippen LogP contribution in [0, 0.1) is 5.92 Å². The number of carbonyl (C=O) groups is 5. The number of hydrogen-bond donors (Lipinski definition) is 5. The van der Waals surface area contributed by atoms with Crippen molar-refractivity contribution in [3.8, 4) is 0 Å². The first-order chi connectivity index (χ1) is 15.0. The highest BCUT2D eigenvalue weighted by molar-refractivity contribution is 7.98. The number of rotatable bonds is 13. The van der Waals surface area contributed by atoms with E-state index in [9.17, 15) is 29.1 Å². The molecule has 1 aliphatic rings. The fraction of sp³-hybridized carbons (Fsp3) is 0.750. The van der Waals surface area contributed by atoms with Gasteiger partial charge in [0.2, 0.25) is 23.6 Å². The number of thioether (sulfide) groups is 1. The highest BCUT2D eigenvalue weighted by atomic mass is 32.2. The van der Waals surface area contributed by atoms with E-state index in [2.05, 4.69) is 10.6 Å². The number of primary amides is 1. The van der Waals surface area contributed by atoms with Crippen LogP contribution in [0.4, 0.5) is 0 Å². The molecular weight excluding hydrogens is 438 g/mol. The Bertz CT molecular complexity index is 706. The molecular formula is C20H35N5O6S. The molecule has 12 heteroatoms. The fourth-order valence-electron chi connectivity index (χ4n) is 3.49. The minimum Gasteiger partial charge on any atom is -0.480 e. The number of carboxylic acids is 1. The molecule has 0 aliphatic carbocycles. The monoisotopic (exact) mass is 473 g/mol. The molecule has 0 saturated carbocycles. The Kier molecular flexibility index (Phi) is 11.5. The number of nitrogens with two attached hydrogens (primary N) is 2. The van der Waals surface area contributed by atoms with Gasteiger partial charge >= 0.3 is 5.97 Å². The first-order valence-corrected chi connectivity index (χ1v) is 12.1. The summed E-state index contributed by atoms with van der Waals surface area (Å²) in [6.07, 6.45) is 3.25. The third kappa shape index (κ3) is 7.97. The maximum absolute atomic E-state index is 13.1. The van der Waals surface area contributed by atoms with Crippen LogP contribution in [-0.4, -0.2) is 82.3 Å². The number of nitrogens with zero attached hydrogens (tertiary/aromatic N) is 1. The average molecular weight is 474 g/mol. The van der Waals surface area contributed by atoms with Gasteiger partial charge in [-0.15, -0.1) is 0 Å². The van der Waals surface area contributed by atoms with Crippen molar-refractivity contribution in [2.45, 2.75) is 70.1 Å². The predicted molar refractivity (Wildman–Crippen MR) is 120 cm³/mol. The van der Waals surface area contributed by atoms with Crippen molar-refractivity contribution in [3.05, 3.63) is 0 Å². The Balaban J connectivity index is 2.95. The van der Waals surface area contributed by atoms with Crippen LogP contribution in [0.5, 0.6) is 0 Å². The standard InChI is InChI=1S/C20H35N5O6S/c1-4-11(2)16(20(30)31)24-18(28)14-6-5-8-25(14)19(29)13(10-15(22)26)23-17(27)12(21)7-9-32-3/h11-14,16H,4-10,21H2,1-3H3,(H2,22,26)(H,23,27)(H,24,28)(H,30,31). The quantitative estimate of drug-likeness (QED) is 0.226. The molecule has 5 atom stereocenters. The van der Waals surface area contributed by atoms with Gasteiger partial charge in [0.15, 0.2) is 0 Å². The van der Waals surface area contributed by atoms with Crippen molar-refractivity contribution in [2.75, 3.05) is 18.6 Å². The third-order valence-corrected chi connectivity index (χ3v) is 6.25. The summed E-state index contributed by atoms with van der Waals surface area (Å²) in [5.74, 6) is -3.37. The maximum atomic E-state index is 13.1. The van der Waals surface area contributed by atoms with E-state index in [1.165, 1.54) is 16.7 Å². The number of hydrogen-bond acceptors (Lipinski definition) is 7. The summed E-state index contributed by atoms with van der Waals surface area (Å²) < 4.78 is 0. The smallest absolute Gasteiger partial charge is 0.326 e. The van der Waals surface area contributed by atoms with Gasteiger partial charge in [0.05, 0.1) is 12.5 Å². The Hall–Kier alpha value is -2.34. The zero-order valence-electron chi connectivity index (χ0n) is 18.8. The Morgan fingerprint density at radius 2 is 1.88 bits per heavy atom. The second-order valence-corrected chi connectivity index (χ2v) is 9.00. The molecule has 1 aliphatic heterocycles.